The number of rotatable bonds is 8. The number of pyridine rings is 1. The van der Waals surface area contributed by atoms with Gasteiger partial charge in [-0.25, -0.2) is 0 Å². The molecule has 0 spiro atoms. The summed E-state index contributed by atoms with van der Waals surface area (Å²) in [4.78, 5) is 18.8. The topological polar surface area (TPSA) is 59.2 Å². The number of hydrogen-bond acceptors (Lipinski definition) is 3. The van der Waals surface area contributed by atoms with Crippen LogP contribution in [0, 0.1) is 11.8 Å². The third kappa shape index (κ3) is 6.25. The first-order valence-electron chi connectivity index (χ1n) is 7.83. The van der Waals surface area contributed by atoms with Gasteiger partial charge in [-0.3, -0.25) is 9.78 Å². The highest BCUT2D eigenvalue weighted by atomic mass is 16.2. The van der Waals surface area contributed by atoms with Gasteiger partial charge in [-0.05, 0) is 50.8 Å². The van der Waals surface area contributed by atoms with E-state index in [1.807, 2.05) is 36.9 Å². The van der Waals surface area contributed by atoms with Gasteiger partial charge in [-0.15, -0.1) is 0 Å². The van der Waals surface area contributed by atoms with Gasteiger partial charge in [0.25, 0.3) is 0 Å². The first-order chi connectivity index (χ1) is 9.93. The molecule has 0 bridgehead atoms. The summed E-state index contributed by atoms with van der Waals surface area (Å²) in [5.41, 5.74) is 6.74. The second-order valence-electron chi connectivity index (χ2n) is 6.37. The van der Waals surface area contributed by atoms with Crippen LogP contribution in [0.2, 0.25) is 0 Å². The lowest BCUT2D eigenvalue weighted by Crippen LogP contribution is -2.38. The fourth-order valence-electron chi connectivity index (χ4n) is 2.52. The summed E-state index contributed by atoms with van der Waals surface area (Å²) >= 11 is 0. The van der Waals surface area contributed by atoms with Gasteiger partial charge in [0, 0.05) is 18.7 Å². The lowest BCUT2D eigenvalue weighted by molar-refractivity contribution is -0.134. The second-order valence-corrected chi connectivity index (χ2v) is 6.37. The summed E-state index contributed by atoms with van der Waals surface area (Å²) in [6.45, 7) is 9.56. The molecular weight excluding hydrogens is 262 g/mol. The quantitative estimate of drug-likeness (QED) is 0.801. The van der Waals surface area contributed by atoms with Crippen molar-refractivity contribution in [3.05, 3.63) is 30.1 Å². The van der Waals surface area contributed by atoms with Crippen LogP contribution in [0.15, 0.2) is 24.4 Å². The van der Waals surface area contributed by atoms with Crippen molar-refractivity contribution in [2.75, 3.05) is 6.54 Å². The molecule has 1 heterocycles. The van der Waals surface area contributed by atoms with E-state index in [1.54, 1.807) is 6.20 Å². The number of carbonyl (C=O) groups excluding carboxylic acids is 1. The molecule has 4 nitrogen and oxygen atoms in total. The molecule has 4 heteroatoms. The maximum absolute atomic E-state index is 12.6. The Morgan fingerprint density at radius 2 is 2.00 bits per heavy atom. The maximum atomic E-state index is 12.6. The van der Waals surface area contributed by atoms with Gasteiger partial charge in [0.1, 0.15) is 0 Å². The van der Waals surface area contributed by atoms with Gasteiger partial charge in [0.15, 0.2) is 0 Å². The molecule has 2 N–H and O–H groups in total. The fourth-order valence-corrected chi connectivity index (χ4v) is 2.52. The highest BCUT2D eigenvalue weighted by Gasteiger charge is 2.21. The van der Waals surface area contributed by atoms with E-state index < -0.39 is 0 Å². The van der Waals surface area contributed by atoms with Crippen molar-refractivity contribution < 1.29 is 4.79 Å². The lowest BCUT2D eigenvalue weighted by atomic mass is 9.93. The summed E-state index contributed by atoms with van der Waals surface area (Å²) in [6, 6.07) is 5.96. The monoisotopic (exact) mass is 291 g/mol. The first kappa shape index (κ1) is 17.6. The molecular formula is C17H29N3O. The number of amides is 1. The standard InChI is InChI=1S/C17H29N3O/c1-13(2)9-15(11-18)10-17(21)20(14(3)4)12-16-7-5-6-8-19-16/h5-8,13-15H,9-12,18H2,1-4H3. The molecule has 0 fully saturated rings. The number of aromatic nitrogens is 1. The van der Waals surface area contributed by atoms with Gasteiger partial charge >= 0.3 is 0 Å². The van der Waals surface area contributed by atoms with Crippen LogP contribution in [-0.2, 0) is 11.3 Å². The molecule has 0 radical (unpaired) electrons. The number of nitrogens with zero attached hydrogens (tertiary/aromatic N) is 2. The second kappa shape index (κ2) is 8.78. The largest absolute Gasteiger partial charge is 0.334 e. The minimum Gasteiger partial charge on any atom is -0.334 e. The van der Waals surface area contributed by atoms with Crippen molar-refractivity contribution in [1.82, 2.24) is 9.88 Å². The van der Waals surface area contributed by atoms with Crippen LogP contribution in [0.5, 0.6) is 0 Å². The van der Waals surface area contributed by atoms with Gasteiger partial charge in [-0.1, -0.05) is 19.9 Å². The highest BCUT2D eigenvalue weighted by Crippen LogP contribution is 2.17. The van der Waals surface area contributed by atoms with Crippen LogP contribution in [0.4, 0.5) is 0 Å². The van der Waals surface area contributed by atoms with Crippen molar-refractivity contribution in [2.45, 2.75) is 53.1 Å². The van der Waals surface area contributed by atoms with Crippen LogP contribution < -0.4 is 5.73 Å². The molecule has 1 rings (SSSR count). The summed E-state index contributed by atoms with van der Waals surface area (Å²) in [5.74, 6) is 1.00. The van der Waals surface area contributed by atoms with E-state index in [-0.39, 0.29) is 17.9 Å². The van der Waals surface area contributed by atoms with E-state index in [9.17, 15) is 4.79 Å². The van der Waals surface area contributed by atoms with Gasteiger partial charge in [0.05, 0.1) is 12.2 Å². The number of hydrogen-bond donors (Lipinski definition) is 1. The van der Waals surface area contributed by atoms with Crippen LogP contribution in [-0.4, -0.2) is 28.4 Å². The average molecular weight is 291 g/mol. The highest BCUT2D eigenvalue weighted by molar-refractivity contribution is 5.76. The molecule has 0 aliphatic rings. The Morgan fingerprint density at radius 1 is 1.29 bits per heavy atom. The summed E-state index contributed by atoms with van der Waals surface area (Å²) in [7, 11) is 0. The van der Waals surface area contributed by atoms with Crippen molar-refractivity contribution in [3.8, 4) is 0 Å². The SMILES string of the molecule is CC(C)CC(CN)CC(=O)N(Cc1ccccn1)C(C)C. The smallest absolute Gasteiger partial charge is 0.223 e. The summed E-state index contributed by atoms with van der Waals surface area (Å²) in [5, 5.41) is 0. The zero-order valence-corrected chi connectivity index (χ0v) is 13.7. The molecule has 21 heavy (non-hydrogen) atoms. The maximum Gasteiger partial charge on any atom is 0.223 e. The van der Waals surface area contributed by atoms with Crippen molar-refractivity contribution in [2.24, 2.45) is 17.6 Å². The minimum absolute atomic E-state index is 0.164. The third-order valence-electron chi connectivity index (χ3n) is 3.60. The van der Waals surface area contributed by atoms with Gasteiger partial charge in [0.2, 0.25) is 5.91 Å². The van der Waals surface area contributed by atoms with E-state index in [1.165, 1.54) is 0 Å². The molecule has 1 amide bonds. The zero-order valence-electron chi connectivity index (χ0n) is 13.7. The average Bonchev–Trinajstić information content (AvgIpc) is 2.44. The van der Waals surface area contributed by atoms with Crippen molar-refractivity contribution in [1.29, 1.82) is 0 Å². The molecule has 0 saturated heterocycles. The molecule has 1 unspecified atom stereocenters. The Balaban J connectivity index is 2.69. The van der Waals surface area contributed by atoms with Crippen LogP contribution >= 0.6 is 0 Å². The third-order valence-corrected chi connectivity index (χ3v) is 3.60. The van der Waals surface area contributed by atoms with E-state index >= 15 is 0 Å². The Kier molecular flexibility index (Phi) is 7.37. The van der Waals surface area contributed by atoms with Crippen molar-refractivity contribution in [3.63, 3.8) is 0 Å². The van der Waals surface area contributed by atoms with Crippen molar-refractivity contribution >= 4 is 5.91 Å². The molecule has 0 saturated carbocycles. The predicted molar refractivity (Wildman–Crippen MR) is 86.5 cm³/mol. The lowest BCUT2D eigenvalue weighted by Gasteiger charge is -2.28. The van der Waals surface area contributed by atoms with Crippen LogP contribution in [0.25, 0.3) is 0 Å². The Hall–Kier alpha value is -1.42. The molecule has 1 aromatic heterocycles. The summed E-state index contributed by atoms with van der Waals surface area (Å²) in [6.07, 6.45) is 3.29. The zero-order chi connectivity index (χ0) is 15.8. The first-order valence-corrected chi connectivity index (χ1v) is 7.83. The molecule has 1 aromatic rings. The van der Waals surface area contributed by atoms with E-state index in [0.29, 0.717) is 25.4 Å². The minimum atomic E-state index is 0.164. The molecule has 0 aliphatic carbocycles. The molecule has 1 atom stereocenters. The van der Waals surface area contributed by atoms with E-state index in [0.717, 1.165) is 12.1 Å². The van der Waals surface area contributed by atoms with Crippen LogP contribution in [0.1, 0.15) is 46.2 Å². The Bertz CT molecular complexity index is 417. The molecule has 0 aromatic carbocycles. The van der Waals surface area contributed by atoms with Gasteiger partial charge in [-0.2, -0.15) is 0 Å². The summed E-state index contributed by atoms with van der Waals surface area (Å²) < 4.78 is 0. The fraction of sp³-hybridized carbons (Fsp3) is 0.647. The normalized spacial score (nSPS) is 12.7. The number of nitrogens with two attached hydrogens (primary N) is 1. The van der Waals surface area contributed by atoms with E-state index in [4.69, 9.17) is 5.73 Å². The Morgan fingerprint density at radius 3 is 2.48 bits per heavy atom. The van der Waals surface area contributed by atoms with Gasteiger partial charge < -0.3 is 10.6 Å². The number of carbonyl (C=O) groups is 1. The molecule has 0 aliphatic heterocycles. The Labute approximate surface area is 128 Å². The van der Waals surface area contributed by atoms with Crippen LogP contribution in [0.3, 0.4) is 0 Å². The predicted octanol–water partition coefficient (Wildman–Crippen LogP) is 2.83. The van der Waals surface area contributed by atoms with E-state index in [2.05, 4.69) is 18.8 Å². The molecule has 118 valence electrons.